The molecule has 0 spiro atoms. The van der Waals surface area contributed by atoms with Crippen molar-refractivity contribution in [3.05, 3.63) is 35.4 Å². The van der Waals surface area contributed by atoms with Gasteiger partial charge in [0.25, 0.3) is 0 Å². The van der Waals surface area contributed by atoms with Crippen LogP contribution < -0.4 is 5.73 Å². The van der Waals surface area contributed by atoms with Crippen molar-refractivity contribution in [2.24, 2.45) is 5.73 Å². The summed E-state index contributed by atoms with van der Waals surface area (Å²) in [4.78, 5) is 0. The van der Waals surface area contributed by atoms with Crippen LogP contribution in [0.3, 0.4) is 0 Å². The summed E-state index contributed by atoms with van der Waals surface area (Å²) in [6.07, 6.45) is 6.28. The quantitative estimate of drug-likeness (QED) is 0.730. The van der Waals surface area contributed by atoms with Crippen LogP contribution in [0.2, 0.25) is 0 Å². The molecule has 1 aliphatic rings. The molecule has 0 aliphatic heterocycles. The van der Waals surface area contributed by atoms with Crippen LogP contribution in [0.15, 0.2) is 24.3 Å². The Hall–Kier alpha value is -0.820. The summed E-state index contributed by atoms with van der Waals surface area (Å²) in [6.45, 7) is 2.24. The van der Waals surface area contributed by atoms with Gasteiger partial charge in [0.1, 0.15) is 0 Å². The Bertz CT molecular complexity index is 319. The van der Waals surface area contributed by atoms with E-state index in [1.165, 1.54) is 43.2 Å². The normalized spacial score (nSPS) is 20.5. The summed E-state index contributed by atoms with van der Waals surface area (Å²) in [5.74, 6) is 0.637. The smallest absolute Gasteiger partial charge is 0.0111 e. The van der Waals surface area contributed by atoms with Crippen LogP contribution in [0.25, 0.3) is 0 Å². The van der Waals surface area contributed by atoms with Crippen LogP contribution in [0, 0.1) is 0 Å². The average molecular weight is 203 g/mol. The molecule has 2 N–H and O–H groups in total. The van der Waals surface area contributed by atoms with Crippen LogP contribution in [0.5, 0.6) is 0 Å². The summed E-state index contributed by atoms with van der Waals surface area (Å²) < 4.78 is 0. The lowest BCUT2D eigenvalue weighted by molar-refractivity contribution is 0.441. The molecule has 82 valence electrons. The third-order valence-electron chi connectivity index (χ3n) is 3.55. The second-order valence-corrected chi connectivity index (χ2v) is 4.67. The summed E-state index contributed by atoms with van der Waals surface area (Å²) in [6, 6.07) is 9.10. The Morgan fingerprint density at radius 3 is 2.87 bits per heavy atom. The van der Waals surface area contributed by atoms with Gasteiger partial charge in [-0.2, -0.15) is 0 Å². The van der Waals surface area contributed by atoms with Crippen LogP contribution >= 0.6 is 0 Å². The molecule has 0 amide bonds. The van der Waals surface area contributed by atoms with Gasteiger partial charge in [0.2, 0.25) is 0 Å². The lowest BCUT2D eigenvalue weighted by atomic mass is 9.72. The molecule has 0 aromatic heterocycles. The first kappa shape index (κ1) is 10.7. The first-order valence-electron chi connectivity index (χ1n) is 6.16. The maximum absolute atomic E-state index is 6.23. The zero-order valence-electron chi connectivity index (χ0n) is 9.58. The van der Waals surface area contributed by atoms with E-state index >= 15 is 0 Å². The van der Waals surface area contributed by atoms with E-state index in [2.05, 4.69) is 31.2 Å². The lowest BCUT2D eigenvalue weighted by Crippen LogP contribution is -2.35. The zero-order chi connectivity index (χ0) is 10.7. The monoisotopic (exact) mass is 203 g/mol. The molecule has 15 heavy (non-hydrogen) atoms. The van der Waals surface area contributed by atoms with Gasteiger partial charge < -0.3 is 5.73 Å². The van der Waals surface area contributed by atoms with Gasteiger partial charge in [0.05, 0.1) is 0 Å². The Labute approximate surface area is 92.7 Å². The molecule has 0 bridgehead atoms. The van der Waals surface area contributed by atoms with Crippen molar-refractivity contribution in [2.45, 2.75) is 51.0 Å². The molecule has 0 radical (unpaired) electrons. The van der Waals surface area contributed by atoms with Crippen LogP contribution in [0.1, 0.15) is 49.7 Å². The topological polar surface area (TPSA) is 26.0 Å². The molecule has 0 fully saturated rings. The van der Waals surface area contributed by atoms with Crippen LogP contribution in [-0.2, 0) is 6.42 Å². The van der Waals surface area contributed by atoms with E-state index in [0.717, 1.165) is 0 Å². The highest BCUT2D eigenvalue weighted by Crippen LogP contribution is 2.37. The van der Waals surface area contributed by atoms with Crippen molar-refractivity contribution >= 4 is 0 Å². The van der Waals surface area contributed by atoms with Gasteiger partial charge in [-0.1, -0.05) is 50.5 Å². The standard InChI is InChI=1S/C14H21N/c1-2-3-4-9-14(15)13-10-11-7-5-6-8-12(11)13/h5-8,13-14H,2-4,9-10,15H2,1H3. The fourth-order valence-corrected chi connectivity index (χ4v) is 2.51. The Kier molecular flexibility index (Phi) is 3.42. The van der Waals surface area contributed by atoms with Crippen molar-refractivity contribution in [1.29, 1.82) is 0 Å². The van der Waals surface area contributed by atoms with Gasteiger partial charge in [0, 0.05) is 12.0 Å². The van der Waals surface area contributed by atoms with E-state index in [1.54, 1.807) is 0 Å². The molecule has 0 saturated heterocycles. The minimum Gasteiger partial charge on any atom is -0.327 e. The predicted molar refractivity (Wildman–Crippen MR) is 65.0 cm³/mol. The number of hydrogen-bond acceptors (Lipinski definition) is 1. The predicted octanol–water partition coefficient (Wildman–Crippen LogP) is 3.23. The third kappa shape index (κ3) is 2.23. The van der Waals surface area contributed by atoms with E-state index in [9.17, 15) is 0 Å². The highest BCUT2D eigenvalue weighted by Gasteiger charge is 2.29. The molecule has 1 heteroatoms. The third-order valence-corrected chi connectivity index (χ3v) is 3.55. The molecular weight excluding hydrogens is 182 g/mol. The van der Waals surface area contributed by atoms with Gasteiger partial charge in [-0.05, 0) is 24.0 Å². The summed E-state index contributed by atoms with van der Waals surface area (Å²) in [5.41, 5.74) is 9.24. The first-order valence-corrected chi connectivity index (χ1v) is 6.16. The molecule has 0 heterocycles. The molecule has 1 nitrogen and oxygen atoms in total. The zero-order valence-corrected chi connectivity index (χ0v) is 9.58. The highest BCUT2D eigenvalue weighted by molar-refractivity contribution is 5.41. The Balaban J connectivity index is 1.87. The number of fused-ring (bicyclic) bond motifs is 1. The number of rotatable bonds is 5. The van der Waals surface area contributed by atoms with Crippen molar-refractivity contribution in [3.8, 4) is 0 Å². The van der Waals surface area contributed by atoms with Crippen molar-refractivity contribution in [1.82, 2.24) is 0 Å². The highest BCUT2D eigenvalue weighted by atomic mass is 14.7. The second kappa shape index (κ2) is 4.80. The summed E-state index contributed by atoms with van der Waals surface area (Å²) in [5, 5.41) is 0. The first-order chi connectivity index (χ1) is 7.33. The molecule has 1 aliphatic carbocycles. The molecule has 1 aromatic rings. The van der Waals surface area contributed by atoms with Gasteiger partial charge in [-0.25, -0.2) is 0 Å². The molecule has 2 rings (SSSR count). The van der Waals surface area contributed by atoms with Crippen molar-refractivity contribution in [2.75, 3.05) is 0 Å². The fourth-order valence-electron chi connectivity index (χ4n) is 2.51. The Morgan fingerprint density at radius 1 is 1.33 bits per heavy atom. The van der Waals surface area contributed by atoms with E-state index in [-0.39, 0.29) is 0 Å². The molecule has 1 aromatic carbocycles. The second-order valence-electron chi connectivity index (χ2n) is 4.67. The number of benzene rings is 1. The van der Waals surface area contributed by atoms with Crippen LogP contribution in [0.4, 0.5) is 0 Å². The minimum absolute atomic E-state index is 0.381. The number of nitrogens with two attached hydrogens (primary N) is 1. The van der Waals surface area contributed by atoms with Crippen molar-refractivity contribution in [3.63, 3.8) is 0 Å². The lowest BCUT2D eigenvalue weighted by Gasteiger charge is -2.34. The van der Waals surface area contributed by atoms with E-state index in [4.69, 9.17) is 5.73 Å². The summed E-state index contributed by atoms with van der Waals surface area (Å²) in [7, 11) is 0. The SMILES string of the molecule is CCCCCC(N)C1Cc2ccccc21. The van der Waals surface area contributed by atoms with E-state index < -0.39 is 0 Å². The molecule has 0 saturated carbocycles. The maximum Gasteiger partial charge on any atom is 0.0111 e. The largest absolute Gasteiger partial charge is 0.327 e. The summed E-state index contributed by atoms with van der Waals surface area (Å²) >= 11 is 0. The fraction of sp³-hybridized carbons (Fsp3) is 0.571. The number of unbranched alkanes of at least 4 members (excludes halogenated alkanes) is 2. The van der Waals surface area contributed by atoms with Crippen molar-refractivity contribution < 1.29 is 0 Å². The molecule has 2 unspecified atom stereocenters. The van der Waals surface area contributed by atoms with E-state index in [1.807, 2.05) is 0 Å². The van der Waals surface area contributed by atoms with Gasteiger partial charge in [0.15, 0.2) is 0 Å². The maximum atomic E-state index is 6.23. The van der Waals surface area contributed by atoms with Gasteiger partial charge in [-0.15, -0.1) is 0 Å². The van der Waals surface area contributed by atoms with Gasteiger partial charge in [-0.3, -0.25) is 0 Å². The average Bonchev–Trinajstić information content (AvgIpc) is 2.20. The van der Waals surface area contributed by atoms with Crippen LogP contribution in [-0.4, -0.2) is 6.04 Å². The van der Waals surface area contributed by atoms with Gasteiger partial charge >= 0.3 is 0 Å². The molecule has 2 atom stereocenters. The Morgan fingerprint density at radius 2 is 2.13 bits per heavy atom. The number of hydrogen-bond donors (Lipinski definition) is 1. The van der Waals surface area contributed by atoms with E-state index in [0.29, 0.717) is 12.0 Å². The minimum atomic E-state index is 0.381. The molecular formula is C14H21N.